The van der Waals surface area contributed by atoms with E-state index in [4.69, 9.17) is 9.47 Å². The number of rotatable bonds is 4. The van der Waals surface area contributed by atoms with Crippen molar-refractivity contribution in [1.82, 2.24) is 0 Å². The molecule has 0 fully saturated rings. The highest BCUT2D eigenvalue weighted by atomic mass is 16.7. The second-order valence-corrected chi connectivity index (χ2v) is 3.35. The number of carbonyl (C=O) groups excluding carboxylic acids is 1. The van der Waals surface area contributed by atoms with Crippen molar-refractivity contribution in [3.8, 4) is 5.75 Å². The summed E-state index contributed by atoms with van der Waals surface area (Å²) in [7, 11) is 0. The number of aryl methyl sites for hydroxylation is 1. The van der Waals surface area contributed by atoms with Crippen molar-refractivity contribution in [1.29, 1.82) is 0 Å². The van der Waals surface area contributed by atoms with Gasteiger partial charge in [-0.1, -0.05) is 19.1 Å². The van der Waals surface area contributed by atoms with E-state index in [0.29, 0.717) is 12.2 Å². The maximum Gasteiger partial charge on any atom is 0.308 e. The van der Waals surface area contributed by atoms with Crippen molar-refractivity contribution < 1.29 is 14.3 Å². The van der Waals surface area contributed by atoms with E-state index in [1.807, 2.05) is 31.2 Å². The summed E-state index contributed by atoms with van der Waals surface area (Å²) in [5.41, 5.74) is 1.11. The minimum atomic E-state index is -0.542. The van der Waals surface area contributed by atoms with Gasteiger partial charge in [0.15, 0.2) is 0 Å². The molecular weight excluding hydrogens is 192 g/mol. The molecule has 0 amide bonds. The summed E-state index contributed by atoms with van der Waals surface area (Å²) in [6.45, 7) is 5.44. The SMILES string of the molecule is CCC(=O)OC(C)Oc1cccc(C)c1. The summed E-state index contributed by atoms with van der Waals surface area (Å²) < 4.78 is 10.4. The Hall–Kier alpha value is -1.51. The number of benzene rings is 1. The number of ether oxygens (including phenoxy) is 2. The summed E-state index contributed by atoms with van der Waals surface area (Å²) in [4.78, 5) is 11.0. The van der Waals surface area contributed by atoms with Gasteiger partial charge in [-0.15, -0.1) is 0 Å². The standard InChI is InChI=1S/C12H16O3/c1-4-12(13)15-10(3)14-11-7-5-6-9(2)8-11/h5-8,10H,4H2,1-3H3. The number of esters is 1. The van der Waals surface area contributed by atoms with Crippen LogP contribution in [0.2, 0.25) is 0 Å². The zero-order valence-electron chi connectivity index (χ0n) is 9.32. The fourth-order valence-electron chi connectivity index (χ4n) is 1.17. The molecule has 1 aromatic rings. The van der Waals surface area contributed by atoms with Gasteiger partial charge in [-0.05, 0) is 24.6 Å². The van der Waals surface area contributed by atoms with Gasteiger partial charge in [-0.2, -0.15) is 0 Å². The molecule has 0 bridgehead atoms. The Morgan fingerprint density at radius 3 is 2.80 bits per heavy atom. The van der Waals surface area contributed by atoms with Crippen molar-refractivity contribution in [3.63, 3.8) is 0 Å². The van der Waals surface area contributed by atoms with Crippen LogP contribution < -0.4 is 4.74 Å². The van der Waals surface area contributed by atoms with Crippen molar-refractivity contribution in [2.24, 2.45) is 0 Å². The molecule has 0 aliphatic carbocycles. The average molecular weight is 208 g/mol. The molecule has 0 aliphatic heterocycles. The van der Waals surface area contributed by atoms with Gasteiger partial charge in [-0.3, -0.25) is 4.79 Å². The molecule has 0 aliphatic rings. The van der Waals surface area contributed by atoms with Crippen molar-refractivity contribution >= 4 is 5.97 Å². The third-order valence-corrected chi connectivity index (χ3v) is 1.88. The van der Waals surface area contributed by atoms with Crippen LogP contribution in [-0.4, -0.2) is 12.3 Å². The molecule has 3 heteroatoms. The van der Waals surface area contributed by atoms with Gasteiger partial charge in [0.25, 0.3) is 0 Å². The molecule has 3 nitrogen and oxygen atoms in total. The quantitative estimate of drug-likeness (QED) is 0.563. The Morgan fingerprint density at radius 2 is 2.20 bits per heavy atom. The molecule has 0 radical (unpaired) electrons. The van der Waals surface area contributed by atoms with Crippen LogP contribution in [0, 0.1) is 6.92 Å². The molecule has 82 valence electrons. The Morgan fingerprint density at radius 1 is 1.47 bits per heavy atom. The van der Waals surface area contributed by atoms with Crippen LogP contribution in [0.25, 0.3) is 0 Å². The lowest BCUT2D eigenvalue weighted by molar-refractivity contribution is -0.160. The van der Waals surface area contributed by atoms with Crippen molar-refractivity contribution in [2.75, 3.05) is 0 Å². The van der Waals surface area contributed by atoms with Crippen molar-refractivity contribution in [3.05, 3.63) is 29.8 Å². The van der Waals surface area contributed by atoms with Crippen LogP contribution in [0.5, 0.6) is 5.75 Å². The van der Waals surface area contributed by atoms with Crippen LogP contribution in [-0.2, 0) is 9.53 Å². The molecular formula is C12H16O3. The van der Waals surface area contributed by atoms with Gasteiger partial charge in [0.05, 0.1) is 0 Å². The molecule has 1 aromatic carbocycles. The van der Waals surface area contributed by atoms with Crippen LogP contribution in [0.15, 0.2) is 24.3 Å². The summed E-state index contributed by atoms with van der Waals surface area (Å²) in [6.07, 6.45) is -0.180. The lowest BCUT2D eigenvalue weighted by Crippen LogP contribution is -2.20. The molecule has 0 N–H and O–H groups in total. The predicted octanol–water partition coefficient (Wildman–Crippen LogP) is 2.67. The molecule has 1 atom stereocenters. The highest BCUT2D eigenvalue weighted by molar-refractivity contribution is 5.68. The van der Waals surface area contributed by atoms with Gasteiger partial charge < -0.3 is 9.47 Å². The van der Waals surface area contributed by atoms with Gasteiger partial charge in [0, 0.05) is 13.3 Å². The monoisotopic (exact) mass is 208 g/mol. The number of carbonyl (C=O) groups is 1. The minimum absolute atomic E-state index is 0.254. The molecule has 0 spiro atoms. The Labute approximate surface area is 90.0 Å². The predicted molar refractivity (Wildman–Crippen MR) is 57.7 cm³/mol. The molecule has 0 saturated heterocycles. The van der Waals surface area contributed by atoms with Crippen LogP contribution in [0.4, 0.5) is 0 Å². The third kappa shape index (κ3) is 4.02. The Bertz CT molecular complexity index is 333. The first-order valence-corrected chi connectivity index (χ1v) is 5.04. The highest BCUT2D eigenvalue weighted by Crippen LogP contribution is 2.14. The van der Waals surface area contributed by atoms with E-state index in [1.165, 1.54) is 0 Å². The van der Waals surface area contributed by atoms with Gasteiger partial charge in [0.2, 0.25) is 6.29 Å². The molecule has 0 aromatic heterocycles. The maximum atomic E-state index is 11.0. The van der Waals surface area contributed by atoms with E-state index in [2.05, 4.69) is 0 Å². The maximum absolute atomic E-state index is 11.0. The number of hydrogen-bond acceptors (Lipinski definition) is 3. The zero-order valence-corrected chi connectivity index (χ0v) is 9.32. The normalized spacial score (nSPS) is 11.9. The summed E-state index contributed by atoms with van der Waals surface area (Å²) in [6, 6.07) is 7.62. The fraction of sp³-hybridized carbons (Fsp3) is 0.417. The second-order valence-electron chi connectivity index (χ2n) is 3.35. The minimum Gasteiger partial charge on any atom is -0.455 e. The van der Waals surface area contributed by atoms with E-state index < -0.39 is 6.29 Å². The van der Waals surface area contributed by atoms with E-state index in [9.17, 15) is 4.79 Å². The lowest BCUT2D eigenvalue weighted by atomic mass is 10.2. The first kappa shape index (κ1) is 11.6. The van der Waals surface area contributed by atoms with Gasteiger partial charge in [-0.25, -0.2) is 0 Å². The molecule has 1 rings (SSSR count). The Kier molecular flexibility index (Phi) is 4.16. The number of hydrogen-bond donors (Lipinski definition) is 0. The molecule has 1 unspecified atom stereocenters. The average Bonchev–Trinajstić information content (AvgIpc) is 2.17. The molecule has 15 heavy (non-hydrogen) atoms. The van der Waals surface area contributed by atoms with Gasteiger partial charge >= 0.3 is 5.97 Å². The van der Waals surface area contributed by atoms with E-state index in [0.717, 1.165) is 5.56 Å². The van der Waals surface area contributed by atoms with Crippen LogP contribution >= 0.6 is 0 Å². The second kappa shape index (κ2) is 5.39. The first-order valence-electron chi connectivity index (χ1n) is 5.04. The third-order valence-electron chi connectivity index (χ3n) is 1.88. The molecule has 0 saturated carbocycles. The smallest absolute Gasteiger partial charge is 0.308 e. The largest absolute Gasteiger partial charge is 0.455 e. The van der Waals surface area contributed by atoms with Crippen LogP contribution in [0.3, 0.4) is 0 Å². The van der Waals surface area contributed by atoms with Gasteiger partial charge in [0.1, 0.15) is 5.75 Å². The van der Waals surface area contributed by atoms with Crippen LogP contribution in [0.1, 0.15) is 25.8 Å². The highest BCUT2D eigenvalue weighted by Gasteiger charge is 2.08. The van der Waals surface area contributed by atoms with Crippen molar-refractivity contribution in [2.45, 2.75) is 33.5 Å². The summed E-state index contributed by atoms with van der Waals surface area (Å²) in [5.74, 6) is 0.460. The fourth-order valence-corrected chi connectivity index (χ4v) is 1.17. The summed E-state index contributed by atoms with van der Waals surface area (Å²) >= 11 is 0. The van der Waals surface area contributed by atoms with E-state index >= 15 is 0 Å². The van der Waals surface area contributed by atoms with E-state index in [-0.39, 0.29) is 5.97 Å². The van der Waals surface area contributed by atoms with E-state index in [1.54, 1.807) is 13.8 Å². The lowest BCUT2D eigenvalue weighted by Gasteiger charge is -2.15. The first-order chi connectivity index (χ1) is 7.11. The topological polar surface area (TPSA) is 35.5 Å². The zero-order chi connectivity index (χ0) is 11.3. The molecule has 0 heterocycles. The Balaban J connectivity index is 2.51. The summed E-state index contributed by atoms with van der Waals surface area (Å²) in [5, 5.41) is 0.